The summed E-state index contributed by atoms with van der Waals surface area (Å²) in [5.74, 6) is -1.05. The van der Waals surface area contributed by atoms with E-state index in [1.807, 2.05) is 13.8 Å². The molecule has 2 atom stereocenters. The molecule has 4 heterocycles. The van der Waals surface area contributed by atoms with Crippen molar-refractivity contribution < 1.29 is 33.5 Å². The van der Waals surface area contributed by atoms with Crippen molar-refractivity contribution in [1.29, 1.82) is 5.41 Å². The quantitative estimate of drug-likeness (QED) is 0.0632. The number of carbonyl (C=O) groups excluding carboxylic acids is 4. The Morgan fingerprint density at radius 3 is 2.52 bits per heavy atom. The molecule has 0 aromatic carbocycles. The van der Waals surface area contributed by atoms with Crippen LogP contribution in [0.15, 0.2) is 40.8 Å². The molecule has 3 aromatic rings. The summed E-state index contributed by atoms with van der Waals surface area (Å²) in [5, 5.41) is 23.4. The van der Waals surface area contributed by atoms with Crippen LogP contribution in [0.2, 0.25) is 0 Å². The van der Waals surface area contributed by atoms with Crippen molar-refractivity contribution in [1.82, 2.24) is 30.6 Å². The monoisotopic (exact) mass is 739 g/mol. The number of nitrogens with one attached hydrogen (secondary N) is 6. The lowest BCUT2D eigenvalue weighted by molar-refractivity contribution is -0.134. The maximum absolute atomic E-state index is 12.9. The fourth-order valence-electron chi connectivity index (χ4n) is 4.59. The van der Waals surface area contributed by atoms with E-state index in [1.165, 1.54) is 28.6 Å². The first-order valence-corrected chi connectivity index (χ1v) is 17.8. The van der Waals surface area contributed by atoms with Gasteiger partial charge in [0.25, 0.3) is 11.8 Å². The first kappa shape index (κ1) is 39.3. The molecule has 1 fully saturated rings. The first-order valence-electron chi connectivity index (χ1n) is 16.9. The average molecular weight is 740 g/mol. The molecular weight excluding hydrogens is 694 g/mol. The summed E-state index contributed by atoms with van der Waals surface area (Å²) in [6.45, 7) is 10.3. The molecule has 0 saturated carbocycles. The molecule has 4 rings (SSSR count). The molecule has 0 bridgehead atoms. The zero-order valence-corrected chi connectivity index (χ0v) is 30.6. The lowest BCUT2D eigenvalue weighted by Gasteiger charge is -2.37. The van der Waals surface area contributed by atoms with Crippen LogP contribution in [0, 0.1) is 5.41 Å². The number of anilines is 2. The van der Waals surface area contributed by atoms with Gasteiger partial charge >= 0.3 is 6.09 Å². The van der Waals surface area contributed by atoms with Crippen LogP contribution in [-0.2, 0) is 20.9 Å². The highest BCUT2D eigenvalue weighted by Crippen LogP contribution is 2.18. The van der Waals surface area contributed by atoms with E-state index < -0.39 is 47.2 Å². The van der Waals surface area contributed by atoms with Gasteiger partial charge in [0.15, 0.2) is 10.9 Å². The van der Waals surface area contributed by atoms with Crippen molar-refractivity contribution in [3.63, 3.8) is 0 Å². The van der Waals surface area contributed by atoms with Gasteiger partial charge in [0.05, 0.1) is 36.6 Å². The molecule has 1 aliphatic rings. The Hall–Kier alpha value is -5.52. The summed E-state index contributed by atoms with van der Waals surface area (Å²) >= 11 is 1.02. The number of aromatic nitrogens is 3. The number of unbranched alkanes of at least 4 members (excludes halogenated alkanes) is 2. The predicted octanol–water partition coefficient (Wildman–Crippen LogP) is 2.85. The maximum Gasteiger partial charge on any atom is 0.413 e. The molecule has 4 amide bonds. The van der Waals surface area contributed by atoms with E-state index >= 15 is 0 Å². The fraction of sp³-hybridized carbons (Fsp3) is 0.471. The lowest BCUT2D eigenvalue weighted by Crippen LogP contribution is -2.71. The van der Waals surface area contributed by atoms with E-state index in [1.54, 1.807) is 32.9 Å². The SMILES string of the molecule is CCCCOc1cn(OCCCC)c(CNC(=O)c2ccc(NC[C@H]3NC(=O)[C@H]3NC(=O)C(=N)c3csc(NC(=O)OC(C)(C)C)n3)nc2)cc1=O. The van der Waals surface area contributed by atoms with Crippen LogP contribution in [0.5, 0.6) is 5.75 Å². The van der Waals surface area contributed by atoms with Crippen molar-refractivity contribution in [2.24, 2.45) is 0 Å². The molecule has 6 N–H and O–H groups in total. The third kappa shape index (κ3) is 11.2. The van der Waals surface area contributed by atoms with Gasteiger partial charge in [-0.2, -0.15) is 4.73 Å². The van der Waals surface area contributed by atoms with Crippen LogP contribution in [0.25, 0.3) is 0 Å². The highest BCUT2D eigenvalue weighted by Gasteiger charge is 2.41. The van der Waals surface area contributed by atoms with Crippen molar-refractivity contribution in [3.05, 3.63) is 63.1 Å². The smallest absolute Gasteiger partial charge is 0.413 e. The van der Waals surface area contributed by atoms with Crippen LogP contribution in [-0.4, -0.2) is 81.7 Å². The van der Waals surface area contributed by atoms with Crippen LogP contribution in [0.1, 0.15) is 82.0 Å². The fourth-order valence-corrected chi connectivity index (χ4v) is 5.28. The Morgan fingerprint density at radius 2 is 1.85 bits per heavy atom. The molecule has 17 nitrogen and oxygen atoms in total. The normalized spacial score (nSPS) is 15.1. The van der Waals surface area contributed by atoms with E-state index in [2.05, 4.69) is 36.6 Å². The maximum atomic E-state index is 12.9. The number of β-lactam (4-membered cyclic amide) rings is 1. The second-order valence-corrected chi connectivity index (χ2v) is 13.7. The van der Waals surface area contributed by atoms with Gasteiger partial charge in [0.2, 0.25) is 11.3 Å². The minimum Gasteiger partial charge on any atom is -0.488 e. The number of amides is 4. The highest BCUT2D eigenvalue weighted by atomic mass is 32.1. The number of thiazole rings is 1. The Labute approximate surface area is 304 Å². The van der Waals surface area contributed by atoms with Gasteiger partial charge in [0.1, 0.15) is 35.5 Å². The summed E-state index contributed by atoms with van der Waals surface area (Å²) in [7, 11) is 0. The molecule has 0 aliphatic carbocycles. The number of carbonyl (C=O) groups is 4. The molecule has 3 aromatic heterocycles. The number of pyridine rings is 2. The molecular formula is C34H45N9O8S. The predicted molar refractivity (Wildman–Crippen MR) is 194 cm³/mol. The van der Waals surface area contributed by atoms with E-state index in [0.717, 1.165) is 37.0 Å². The van der Waals surface area contributed by atoms with E-state index in [9.17, 15) is 24.0 Å². The summed E-state index contributed by atoms with van der Waals surface area (Å²) in [6, 6.07) is 3.13. The van der Waals surface area contributed by atoms with Crippen LogP contribution in [0.3, 0.4) is 0 Å². The van der Waals surface area contributed by atoms with Gasteiger partial charge in [-0.1, -0.05) is 26.7 Å². The Bertz CT molecular complexity index is 1800. The third-order valence-corrected chi connectivity index (χ3v) is 8.15. The molecule has 0 radical (unpaired) electrons. The Balaban J connectivity index is 1.27. The number of hydrogen-bond donors (Lipinski definition) is 6. The zero-order chi connectivity index (χ0) is 37.8. The molecule has 0 unspecified atom stereocenters. The minimum atomic E-state index is -0.913. The second kappa shape index (κ2) is 18.1. The van der Waals surface area contributed by atoms with Gasteiger partial charge in [-0.3, -0.25) is 29.9 Å². The van der Waals surface area contributed by atoms with Crippen LogP contribution >= 0.6 is 11.3 Å². The number of nitrogens with zero attached hydrogens (tertiary/aromatic N) is 3. The van der Waals surface area contributed by atoms with Gasteiger partial charge < -0.3 is 35.6 Å². The van der Waals surface area contributed by atoms with Gasteiger partial charge in [-0.25, -0.2) is 14.8 Å². The zero-order valence-electron chi connectivity index (χ0n) is 29.8. The van der Waals surface area contributed by atoms with Crippen molar-refractivity contribution >= 4 is 51.8 Å². The Morgan fingerprint density at radius 1 is 1.10 bits per heavy atom. The van der Waals surface area contributed by atoms with Crippen molar-refractivity contribution in [3.8, 4) is 5.75 Å². The number of ether oxygens (including phenoxy) is 2. The summed E-state index contributed by atoms with van der Waals surface area (Å²) < 4.78 is 12.3. The standard InChI is InChI=1S/C34H45N9O8S/c1-6-8-12-49-25-18-43(50-13-9-7-2)21(14-24(25)44)16-38-29(45)20-10-11-26(36-15-20)37-17-22-28(31(47)39-22)41-30(46)27(35)23-19-52-32(40-23)42-33(48)51-34(3,4)5/h10-11,14-15,18-19,22,28,35H,6-9,12-13,16-17H2,1-5H3,(H,36,37)(H,38,45)(H,39,47)(H,41,46)(H,40,42,48)/t22-,28+/m1/s1. The first-order chi connectivity index (χ1) is 24.8. The van der Waals surface area contributed by atoms with Crippen LogP contribution in [0.4, 0.5) is 15.7 Å². The summed E-state index contributed by atoms with van der Waals surface area (Å²) in [5.41, 5.74) is -0.739. The highest BCUT2D eigenvalue weighted by molar-refractivity contribution is 7.14. The van der Waals surface area contributed by atoms with Gasteiger partial charge in [-0.15, -0.1) is 11.3 Å². The molecule has 52 heavy (non-hydrogen) atoms. The topological polar surface area (TPSA) is 228 Å². The number of rotatable bonds is 18. The van der Waals surface area contributed by atoms with Crippen LogP contribution < -0.4 is 41.6 Å². The van der Waals surface area contributed by atoms with Crippen molar-refractivity contribution in [2.75, 3.05) is 30.4 Å². The number of hydrogen-bond acceptors (Lipinski definition) is 13. The molecule has 18 heteroatoms. The molecule has 1 saturated heterocycles. The molecule has 280 valence electrons. The lowest BCUT2D eigenvalue weighted by atomic mass is 9.98. The summed E-state index contributed by atoms with van der Waals surface area (Å²) in [4.78, 5) is 76.8. The van der Waals surface area contributed by atoms with E-state index in [-0.39, 0.29) is 40.7 Å². The average Bonchev–Trinajstić information content (AvgIpc) is 3.56. The Kier molecular flexibility index (Phi) is 13.7. The minimum absolute atomic E-state index is 0.0218. The van der Waals surface area contributed by atoms with Crippen molar-refractivity contribution in [2.45, 2.75) is 84.5 Å². The third-order valence-electron chi connectivity index (χ3n) is 7.40. The summed E-state index contributed by atoms with van der Waals surface area (Å²) in [6.07, 6.45) is 5.65. The van der Waals surface area contributed by atoms with Gasteiger partial charge in [-0.05, 0) is 45.7 Å². The second-order valence-electron chi connectivity index (χ2n) is 12.8. The van der Waals surface area contributed by atoms with E-state index in [0.29, 0.717) is 24.7 Å². The molecule has 0 spiro atoms. The molecule has 1 aliphatic heterocycles. The van der Waals surface area contributed by atoms with E-state index in [4.69, 9.17) is 19.7 Å². The van der Waals surface area contributed by atoms with Gasteiger partial charge in [0, 0.05) is 24.2 Å². The largest absolute Gasteiger partial charge is 0.488 e.